The smallest absolute Gasteiger partial charge is 0.335 e. The molecule has 6 heteroatoms. The van der Waals surface area contributed by atoms with Gasteiger partial charge in [-0.25, -0.2) is 9.59 Å². The Kier molecular flexibility index (Phi) is 3.44. The quantitative estimate of drug-likeness (QED) is 0.752. The molecule has 0 saturated carbocycles. The van der Waals surface area contributed by atoms with E-state index in [1.54, 1.807) is 19.1 Å². The summed E-state index contributed by atoms with van der Waals surface area (Å²) < 4.78 is 0. The van der Waals surface area contributed by atoms with E-state index >= 15 is 0 Å². The summed E-state index contributed by atoms with van der Waals surface area (Å²) in [4.78, 5) is 24.3. The van der Waals surface area contributed by atoms with Gasteiger partial charge in [-0.15, -0.1) is 0 Å². The fourth-order valence-corrected chi connectivity index (χ4v) is 2.05. The van der Waals surface area contributed by atoms with Crippen LogP contribution in [0.25, 0.3) is 0 Å². The number of carboxylic acid groups (broad SMARTS) is 1. The molecule has 6 nitrogen and oxygen atoms in total. The number of carbonyl (C=O) groups is 2. The summed E-state index contributed by atoms with van der Waals surface area (Å²) in [6.07, 6.45) is 0.537. The summed E-state index contributed by atoms with van der Waals surface area (Å²) in [5, 5.41) is 21.3. The molecule has 1 unspecified atom stereocenters. The van der Waals surface area contributed by atoms with Crippen molar-refractivity contribution in [2.75, 3.05) is 18.4 Å². The van der Waals surface area contributed by atoms with Crippen molar-refractivity contribution >= 4 is 17.7 Å². The molecule has 2 rings (SSSR count). The summed E-state index contributed by atoms with van der Waals surface area (Å²) >= 11 is 0. The predicted molar refractivity (Wildman–Crippen MR) is 69.2 cm³/mol. The Morgan fingerprint density at radius 1 is 1.42 bits per heavy atom. The Hall–Kier alpha value is -2.08. The number of nitrogens with zero attached hydrogens (tertiary/aromatic N) is 1. The summed E-state index contributed by atoms with van der Waals surface area (Å²) in [6.45, 7) is 2.44. The number of likely N-dealkylation sites (tertiary alicyclic amines) is 1. The first-order valence-corrected chi connectivity index (χ1v) is 5.99. The molecule has 0 aliphatic carbocycles. The molecule has 1 aromatic rings. The highest BCUT2D eigenvalue weighted by Gasteiger charge is 2.33. The lowest BCUT2D eigenvalue weighted by atomic mass is 10.1. The minimum Gasteiger partial charge on any atom is -0.478 e. The van der Waals surface area contributed by atoms with Crippen LogP contribution in [-0.4, -0.2) is 45.8 Å². The Bertz CT molecular complexity index is 513. The molecule has 19 heavy (non-hydrogen) atoms. The van der Waals surface area contributed by atoms with Gasteiger partial charge in [-0.3, -0.25) is 0 Å². The van der Waals surface area contributed by atoms with Crippen molar-refractivity contribution in [3.05, 3.63) is 29.8 Å². The van der Waals surface area contributed by atoms with E-state index in [9.17, 15) is 14.7 Å². The van der Waals surface area contributed by atoms with Crippen molar-refractivity contribution in [1.82, 2.24) is 4.90 Å². The number of aromatic carboxylic acids is 1. The van der Waals surface area contributed by atoms with Crippen molar-refractivity contribution in [1.29, 1.82) is 0 Å². The number of aliphatic hydroxyl groups is 1. The first-order chi connectivity index (χ1) is 8.87. The van der Waals surface area contributed by atoms with Crippen LogP contribution in [0.1, 0.15) is 23.7 Å². The van der Waals surface area contributed by atoms with Gasteiger partial charge in [0.15, 0.2) is 0 Å². The third-order valence-electron chi connectivity index (χ3n) is 3.10. The summed E-state index contributed by atoms with van der Waals surface area (Å²) in [5.74, 6) is -1.04. The average molecular weight is 264 g/mol. The molecule has 1 aliphatic rings. The monoisotopic (exact) mass is 264 g/mol. The van der Waals surface area contributed by atoms with E-state index in [0.29, 0.717) is 18.7 Å². The van der Waals surface area contributed by atoms with Crippen molar-refractivity contribution in [2.45, 2.75) is 18.9 Å². The molecule has 1 aliphatic heterocycles. The standard InChI is InChI=1S/C13H16N2O4/c1-13(19)5-6-15(8-13)12(18)14-10-4-2-3-9(7-10)11(16)17/h2-4,7,19H,5-6,8H2,1H3,(H,14,18)(H,16,17). The largest absolute Gasteiger partial charge is 0.478 e. The molecule has 102 valence electrons. The third-order valence-corrected chi connectivity index (χ3v) is 3.10. The molecule has 3 N–H and O–H groups in total. The Morgan fingerprint density at radius 3 is 2.74 bits per heavy atom. The number of rotatable bonds is 2. The third kappa shape index (κ3) is 3.23. The molecule has 0 radical (unpaired) electrons. The van der Waals surface area contributed by atoms with E-state index < -0.39 is 11.6 Å². The van der Waals surface area contributed by atoms with Crippen LogP contribution in [0.2, 0.25) is 0 Å². The van der Waals surface area contributed by atoms with E-state index in [1.807, 2.05) is 0 Å². The van der Waals surface area contributed by atoms with Crippen molar-refractivity contribution in [2.24, 2.45) is 0 Å². The van der Waals surface area contributed by atoms with Crippen LogP contribution in [-0.2, 0) is 0 Å². The van der Waals surface area contributed by atoms with E-state index in [1.165, 1.54) is 17.0 Å². The average Bonchev–Trinajstić information content (AvgIpc) is 2.70. The highest BCUT2D eigenvalue weighted by Crippen LogP contribution is 2.21. The second kappa shape index (κ2) is 4.89. The number of hydrogen-bond donors (Lipinski definition) is 3. The molecule has 0 aromatic heterocycles. The van der Waals surface area contributed by atoms with E-state index in [0.717, 1.165) is 0 Å². The first-order valence-electron chi connectivity index (χ1n) is 5.99. The van der Waals surface area contributed by atoms with Gasteiger partial charge in [0.05, 0.1) is 17.7 Å². The van der Waals surface area contributed by atoms with Gasteiger partial charge >= 0.3 is 12.0 Å². The zero-order valence-corrected chi connectivity index (χ0v) is 10.6. The SMILES string of the molecule is CC1(O)CCN(C(=O)Nc2cccc(C(=O)O)c2)C1. The van der Waals surface area contributed by atoms with Crippen molar-refractivity contribution in [3.8, 4) is 0 Å². The second-order valence-electron chi connectivity index (χ2n) is 4.98. The lowest BCUT2D eigenvalue weighted by molar-refractivity contribution is 0.0696. The minimum atomic E-state index is -1.04. The number of urea groups is 1. The summed E-state index contributed by atoms with van der Waals surface area (Å²) in [5.41, 5.74) is -0.303. The number of β-amino-alcohol motifs (C(OH)–C–C–N with tert-alkyl or cyclic N) is 1. The normalized spacial score (nSPS) is 22.3. The van der Waals surface area contributed by atoms with Gasteiger partial charge < -0.3 is 20.4 Å². The van der Waals surface area contributed by atoms with Gasteiger partial charge in [-0.2, -0.15) is 0 Å². The van der Waals surface area contributed by atoms with Crippen molar-refractivity contribution in [3.63, 3.8) is 0 Å². The molecule has 0 bridgehead atoms. The number of anilines is 1. The molecule has 2 amide bonds. The predicted octanol–water partition coefficient (Wildman–Crippen LogP) is 1.37. The number of amides is 2. The van der Waals surface area contributed by atoms with Gasteiger partial charge in [0.1, 0.15) is 0 Å². The molecule has 1 atom stereocenters. The number of carbonyl (C=O) groups excluding carboxylic acids is 1. The van der Waals surface area contributed by atoms with Crippen LogP contribution in [0, 0.1) is 0 Å². The maximum atomic E-state index is 11.9. The molecular weight excluding hydrogens is 248 g/mol. The topological polar surface area (TPSA) is 89.9 Å². The van der Waals surface area contributed by atoms with Gasteiger partial charge in [-0.1, -0.05) is 6.07 Å². The molecule has 1 fully saturated rings. The van der Waals surface area contributed by atoms with E-state index in [4.69, 9.17) is 5.11 Å². The molecule has 1 saturated heterocycles. The Morgan fingerprint density at radius 2 is 2.16 bits per heavy atom. The van der Waals surface area contributed by atoms with Gasteiger partial charge in [0.25, 0.3) is 0 Å². The Balaban J connectivity index is 2.03. The molecule has 1 aromatic carbocycles. The van der Waals surface area contributed by atoms with Crippen molar-refractivity contribution < 1.29 is 19.8 Å². The van der Waals surface area contributed by atoms with Crippen LogP contribution in [0.4, 0.5) is 10.5 Å². The lowest BCUT2D eigenvalue weighted by Crippen LogP contribution is -2.36. The summed E-state index contributed by atoms with van der Waals surface area (Å²) in [6, 6.07) is 5.71. The fraction of sp³-hybridized carbons (Fsp3) is 0.385. The zero-order valence-electron chi connectivity index (χ0n) is 10.6. The zero-order chi connectivity index (χ0) is 14.0. The molecule has 0 spiro atoms. The number of benzene rings is 1. The number of nitrogens with one attached hydrogen (secondary N) is 1. The van der Waals surface area contributed by atoms with Crippen LogP contribution >= 0.6 is 0 Å². The van der Waals surface area contributed by atoms with Gasteiger partial charge in [-0.05, 0) is 31.5 Å². The second-order valence-corrected chi connectivity index (χ2v) is 4.98. The van der Waals surface area contributed by atoms with E-state index in [2.05, 4.69) is 5.32 Å². The fourth-order valence-electron chi connectivity index (χ4n) is 2.05. The highest BCUT2D eigenvalue weighted by atomic mass is 16.4. The van der Waals surface area contributed by atoms with Crippen LogP contribution < -0.4 is 5.32 Å². The highest BCUT2D eigenvalue weighted by molar-refractivity contribution is 5.93. The van der Waals surface area contributed by atoms with Gasteiger partial charge in [0, 0.05) is 12.2 Å². The first kappa shape index (κ1) is 13.4. The van der Waals surface area contributed by atoms with E-state index in [-0.39, 0.29) is 18.1 Å². The molecular formula is C13H16N2O4. The van der Waals surface area contributed by atoms with Gasteiger partial charge in [0.2, 0.25) is 0 Å². The molecule has 1 heterocycles. The maximum Gasteiger partial charge on any atom is 0.335 e. The van der Waals surface area contributed by atoms with Crippen LogP contribution in [0.3, 0.4) is 0 Å². The maximum absolute atomic E-state index is 11.9. The lowest BCUT2D eigenvalue weighted by Gasteiger charge is -2.19. The Labute approximate surface area is 110 Å². The van der Waals surface area contributed by atoms with Crippen LogP contribution in [0.15, 0.2) is 24.3 Å². The number of hydrogen-bond acceptors (Lipinski definition) is 3. The number of carboxylic acids is 1. The summed E-state index contributed by atoms with van der Waals surface area (Å²) in [7, 11) is 0. The van der Waals surface area contributed by atoms with Crippen LogP contribution in [0.5, 0.6) is 0 Å². The minimum absolute atomic E-state index is 0.117.